The fraction of sp³-hybridized carbons (Fsp3) is 0.750. The highest BCUT2D eigenvalue weighted by Gasteiger charge is 2.41. The van der Waals surface area contributed by atoms with Gasteiger partial charge in [-0.15, -0.1) is 0 Å². The second-order valence-electron chi connectivity index (χ2n) is 1.85. The van der Waals surface area contributed by atoms with E-state index in [0.717, 1.165) is 0 Å². The van der Waals surface area contributed by atoms with Crippen LogP contribution in [0.25, 0.3) is 0 Å². The van der Waals surface area contributed by atoms with E-state index in [1.165, 1.54) is 22.6 Å². The molecule has 0 aliphatic carbocycles. The van der Waals surface area contributed by atoms with Crippen LogP contribution >= 0.6 is 67.8 Å². The quantitative estimate of drug-likeness (QED) is 0.305. The minimum atomic E-state index is -1.59. The van der Waals surface area contributed by atoms with Gasteiger partial charge in [-0.05, 0) is 22.6 Å². The Morgan fingerprint density at radius 1 is 1.55 bits per heavy atom. The molecule has 0 aromatic heterocycles. The molecule has 0 rings (SSSR count). The Kier molecular flexibility index (Phi) is 5.39. The van der Waals surface area contributed by atoms with Gasteiger partial charge in [0.2, 0.25) is 0 Å². The zero-order valence-electron chi connectivity index (χ0n) is 5.17. The van der Waals surface area contributed by atoms with E-state index in [0.29, 0.717) is 0 Å². The van der Waals surface area contributed by atoms with Crippen molar-refractivity contribution in [2.24, 2.45) is 5.73 Å². The average Bonchev–Trinajstić information content (AvgIpc) is 1.85. The van der Waals surface area contributed by atoms with Crippen LogP contribution in [0.3, 0.4) is 0 Å². The maximum absolute atomic E-state index is 10.5. The first kappa shape index (κ1) is 12.6. The van der Waals surface area contributed by atoms with Crippen LogP contribution in [0.5, 0.6) is 0 Å². The number of hydrogen-bond acceptors (Lipinski definition) is 3. The number of carbonyl (C=O) groups is 1. The molecule has 0 amide bonds. The summed E-state index contributed by atoms with van der Waals surface area (Å²) < 4.78 is -1.81. The van der Waals surface area contributed by atoms with Crippen LogP contribution in [0, 0.1) is 0 Å². The highest BCUT2D eigenvalue weighted by atomic mass is 127. The fourth-order valence-corrected chi connectivity index (χ4v) is 3.18. The van der Waals surface area contributed by atoms with E-state index >= 15 is 0 Å². The summed E-state index contributed by atoms with van der Waals surface area (Å²) in [4.78, 5) is 10.5. The summed E-state index contributed by atoms with van der Waals surface area (Å²) in [7, 11) is 0. The fourth-order valence-electron chi connectivity index (χ4n) is 0.310. The van der Waals surface area contributed by atoms with Crippen molar-refractivity contribution in [3.8, 4) is 0 Å². The highest BCUT2D eigenvalue weighted by Crippen LogP contribution is 2.27. The molecule has 0 heterocycles. The summed E-state index contributed by atoms with van der Waals surface area (Å²) >= 11 is 5.36. The molecule has 0 aliphatic rings. The minimum absolute atomic E-state index is 0.219. The third-order valence-corrected chi connectivity index (χ3v) is 3.46. The standard InChI is InChI=1S/C4H6I3NO3/c5-2(6)1(9)4(7,8)3(10)11/h1-2,9H,8H2,(H,10,11). The third-order valence-electron chi connectivity index (χ3n) is 0.997. The molecule has 0 saturated heterocycles. The van der Waals surface area contributed by atoms with Crippen molar-refractivity contribution in [1.82, 2.24) is 0 Å². The predicted octanol–water partition coefficient (Wildman–Crippen LogP) is 0.718. The van der Waals surface area contributed by atoms with Gasteiger partial charge in [-0.1, -0.05) is 45.2 Å². The molecular weight excluding hydrogens is 491 g/mol. The van der Waals surface area contributed by atoms with Crippen molar-refractivity contribution < 1.29 is 15.0 Å². The molecule has 0 saturated carbocycles. The van der Waals surface area contributed by atoms with Crippen LogP contribution in [0.15, 0.2) is 0 Å². The van der Waals surface area contributed by atoms with Gasteiger partial charge in [-0.2, -0.15) is 0 Å². The number of carboxylic acid groups (broad SMARTS) is 1. The van der Waals surface area contributed by atoms with Gasteiger partial charge in [0.15, 0.2) is 3.55 Å². The molecule has 0 fully saturated rings. The van der Waals surface area contributed by atoms with Gasteiger partial charge in [0.1, 0.15) is 6.10 Å². The first-order valence-corrected chi connectivity index (χ1v) is 6.04. The number of alkyl halides is 3. The Balaban J connectivity index is 4.42. The molecule has 11 heavy (non-hydrogen) atoms. The molecule has 7 heteroatoms. The van der Waals surface area contributed by atoms with Crippen LogP contribution in [0.2, 0.25) is 0 Å². The topological polar surface area (TPSA) is 83.6 Å². The monoisotopic (exact) mass is 497 g/mol. The molecule has 2 atom stereocenters. The molecular formula is C4H6I3NO3. The normalized spacial score (nSPS) is 19.5. The van der Waals surface area contributed by atoms with E-state index in [9.17, 15) is 9.90 Å². The van der Waals surface area contributed by atoms with E-state index in [4.69, 9.17) is 10.8 Å². The second-order valence-corrected chi connectivity index (χ2v) is 8.70. The minimum Gasteiger partial charge on any atom is -0.479 e. The van der Waals surface area contributed by atoms with Crippen molar-refractivity contribution in [3.05, 3.63) is 0 Å². The van der Waals surface area contributed by atoms with Gasteiger partial charge in [0.25, 0.3) is 0 Å². The van der Waals surface area contributed by atoms with Crippen LogP contribution in [-0.2, 0) is 4.79 Å². The van der Waals surface area contributed by atoms with Crippen LogP contribution in [0.1, 0.15) is 0 Å². The molecule has 2 unspecified atom stereocenters. The van der Waals surface area contributed by atoms with Gasteiger partial charge in [0.05, 0.1) is 1.93 Å². The van der Waals surface area contributed by atoms with Crippen LogP contribution < -0.4 is 5.73 Å². The van der Waals surface area contributed by atoms with E-state index in [-0.39, 0.29) is 1.93 Å². The number of aliphatic carboxylic acids is 1. The lowest BCUT2D eigenvalue weighted by Crippen LogP contribution is -2.54. The molecule has 0 aromatic carbocycles. The molecule has 66 valence electrons. The van der Waals surface area contributed by atoms with Crippen molar-refractivity contribution in [1.29, 1.82) is 0 Å². The summed E-state index contributed by atoms with van der Waals surface area (Å²) in [6, 6.07) is 0. The predicted molar refractivity (Wildman–Crippen MR) is 66.4 cm³/mol. The zero-order chi connectivity index (χ0) is 9.23. The Morgan fingerprint density at radius 2 is 1.91 bits per heavy atom. The summed E-state index contributed by atoms with van der Waals surface area (Å²) in [6.45, 7) is 0. The third kappa shape index (κ3) is 3.44. The second kappa shape index (κ2) is 4.72. The van der Waals surface area contributed by atoms with Crippen LogP contribution in [0.4, 0.5) is 0 Å². The number of aliphatic hydroxyl groups is 1. The Hall–Kier alpha value is 1.58. The summed E-state index contributed by atoms with van der Waals surface area (Å²) in [5.74, 6) is -1.20. The van der Waals surface area contributed by atoms with Crippen molar-refractivity contribution in [3.63, 3.8) is 0 Å². The SMILES string of the molecule is NC(I)(C(=O)O)C(O)C(I)I. The number of aliphatic hydroxyl groups excluding tert-OH is 1. The van der Waals surface area contributed by atoms with E-state index in [1.807, 2.05) is 45.2 Å². The molecule has 0 spiro atoms. The lowest BCUT2D eigenvalue weighted by Gasteiger charge is -2.24. The Morgan fingerprint density at radius 3 is 2.00 bits per heavy atom. The van der Waals surface area contributed by atoms with Gasteiger partial charge >= 0.3 is 5.97 Å². The van der Waals surface area contributed by atoms with Crippen molar-refractivity contribution >= 4 is 73.7 Å². The van der Waals surface area contributed by atoms with Gasteiger partial charge in [0, 0.05) is 0 Å². The number of halogens is 3. The summed E-state index contributed by atoms with van der Waals surface area (Å²) in [5, 5.41) is 17.9. The van der Waals surface area contributed by atoms with Gasteiger partial charge in [-0.3, -0.25) is 0 Å². The largest absolute Gasteiger partial charge is 0.479 e. The first-order valence-electron chi connectivity index (χ1n) is 2.47. The number of hydrogen-bond donors (Lipinski definition) is 3. The van der Waals surface area contributed by atoms with Crippen molar-refractivity contribution in [2.75, 3.05) is 0 Å². The first-order chi connectivity index (χ1) is 4.80. The molecule has 4 nitrogen and oxygen atoms in total. The molecule has 0 bridgehead atoms. The van der Waals surface area contributed by atoms with E-state index < -0.39 is 15.6 Å². The Bertz CT molecular complexity index is 161. The van der Waals surface area contributed by atoms with Crippen molar-refractivity contribution in [2.45, 2.75) is 11.6 Å². The number of rotatable bonds is 3. The molecule has 0 radical (unpaired) electrons. The van der Waals surface area contributed by atoms with E-state index in [2.05, 4.69) is 0 Å². The van der Waals surface area contributed by atoms with E-state index in [1.54, 1.807) is 0 Å². The molecule has 4 N–H and O–H groups in total. The van der Waals surface area contributed by atoms with Gasteiger partial charge < -0.3 is 15.9 Å². The highest BCUT2D eigenvalue weighted by molar-refractivity contribution is 14.2. The van der Waals surface area contributed by atoms with Crippen LogP contribution in [-0.4, -0.2) is 27.8 Å². The molecule has 0 aliphatic heterocycles. The molecule has 0 aromatic rings. The Labute approximate surface area is 105 Å². The number of nitrogens with two attached hydrogens (primary N) is 1. The lowest BCUT2D eigenvalue weighted by molar-refractivity contribution is -0.141. The average molecular weight is 497 g/mol. The smallest absolute Gasteiger partial charge is 0.336 e. The summed E-state index contributed by atoms with van der Waals surface area (Å²) in [6.07, 6.45) is -1.05. The maximum atomic E-state index is 10.5. The lowest BCUT2D eigenvalue weighted by atomic mass is 10.2. The number of carboxylic acids is 1. The van der Waals surface area contributed by atoms with Gasteiger partial charge in [-0.25, -0.2) is 4.79 Å². The maximum Gasteiger partial charge on any atom is 0.336 e. The summed E-state index contributed by atoms with van der Waals surface area (Å²) in [5.41, 5.74) is 5.33. The zero-order valence-corrected chi connectivity index (χ0v) is 11.6.